The van der Waals surface area contributed by atoms with Gasteiger partial charge in [0.05, 0.1) is 0 Å². The van der Waals surface area contributed by atoms with Crippen molar-refractivity contribution < 1.29 is 4.74 Å². The zero-order chi connectivity index (χ0) is 13.1. The summed E-state index contributed by atoms with van der Waals surface area (Å²) in [5.41, 5.74) is 1.56. The molecule has 104 valence electrons. The van der Waals surface area contributed by atoms with Gasteiger partial charge < -0.3 is 9.64 Å². The van der Waals surface area contributed by atoms with Crippen LogP contribution in [0.2, 0.25) is 0 Å². The highest BCUT2D eigenvalue weighted by Crippen LogP contribution is 2.39. The lowest BCUT2D eigenvalue weighted by atomic mass is 9.97. The van der Waals surface area contributed by atoms with E-state index in [1.807, 2.05) is 11.8 Å². The van der Waals surface area contributed by atoms with E-state index in [4.69, 9.17) is 4.74 Å². The molecule has 0 N–H and O–H groups in total. The van der Waals surface area contributed by atoms with Crippen molar-refractivity contribution in [3.8, 4) is 0 Å². The minimum atomic E-state index is 0.714. The van der Waals surface area contributed by atoms with Crippen LogP contribution in [0.5, 0.6) is 0 Å². The van der Waals surface area contributed by atoms with Crippen LogP contribution in [0.25, 0.3) is 0 Å². The van der Waals surface area contributed by atoms with E-state index >= 15 is 0 Å². The normalized spacial score (nSPS) is 23.8. The highest BCUT2D eigenvalue weighted by molar-refractivity contribution is 7.99. The van der Waals surface area contributed by atoms with E-state index in [-0.39, 0.29) is 0 Å². The molecule has 19 heavy (non-hydrogen) atoms. The fraction of sp³-hybridized carbons (Fsp3) is 0.625. The summed E-state index contributed by atoms with van der Waals surface area (Å²) in [4.78, 5) is 4.02. The van der Waals surface area contributed by atoms with Gasteiger partial charge in [0, 0.05) is 42.9 Å². The number of fused-ring (bicyclic) bond motifs is 1. The molecule has 1 saturated heterocycles. The minimum absolute atomic E-state index is 0.714. The molecule has 1 fully saturated rings. The third-order valence-corrected chi connectivity index (χ3v) is 5.49. The van der Waals surface area contributed by atoms with Crippen LogP contribution in [0.15, 0.2) is 29.2 Å². The molecule has 0 aromatic heterocycles. The lowest BCUT2D eigenvalue weighted by Crippen LogP contribution is -2.32. The van der Waals surface area contributed by atoms with E-state index in [0.29, 0.717) is 5.92 Å². The first-order valence-corrected chi connectivity index (χ1v) is 8.29. The summed E-state index contributed by atoms with van der Waals surface area (Å²) in [6.07, 6.45) is 2.47. The first kappa shape index (κ1) is 13.5. The van der Waals surface area contributed by atoms with Gasteiger partial charge >= 0.3 is 0 Å². The maximum Gasteiger partial charge on any atom is 0.0469 e. The molecule has 2 nitrogen and oxygen atoms in total. The quantitative estimate of drug-likeness (QED) is 0.838. The lowest BCUT2D eigenvalue weighted by Gasteiger charge is -2.28. The zero-order valence-electron chi connectivity index (χ0n) is 11.7. The van der Waals surface area contributed by atoms with E-state index in [1.165, 1.54) is 36.6 Å². The predicted octanol–water partition coefficient (Wildman–Crippen LogP) is 3.23. The molecule has 1 unspecified atom stereocenters. The highest BCUT2D eigenvalue weighted by Gasteiger charge is 2.24. The maximum atomic E-state index is 5.44. The molecule has 0 aliphatic carbocycles. The first-order valence-electron chi connectivity index (χ1n) is 7.31. The van der Waals surface area contributed by atoms with Gasteiger partial charge in [-0.1, -0.05) is 18.2 Å². The molecular weight excluding hydrogens is 254 g/mol. The van der Waals surface area contributed by atoms with Crippen LogP contribution >= 0.6 is 11.8 Å². The van der Waals surface area contributed by atoms with Crippen molar-refractivity contribution in [3.05, 3.63) is 29.8 Å². The molecule has 0 saturated carbocycles. The molecular formula is C16H23NOS. The van der Waals surface area contributed by atoms with Gasteiger partial charge in [0.1, 0.15) is 0 Å². The van der Waals surface area contributed by atoms with E-state index in [9.17, 15) is 0 Å². The van der Waals surface area contributed by atoms with Crippen molar-refractivity contribution in [2.24, 2.45) is 5.92 Å². The molecule has 3 heteroatoms. The Kier molecular flexibility index (Phi) is 4.46. The number of hydrogen-bond donors (Lipinski definition) is 0. The molecule has 2 heterocycles. The average molecular weight is 277 g/mol. The molecule has 2 aliphatic heterocycles. The van der Waals surface area contributed by atoms with Crippen LogP contribution in [0.1, 0.15) is 24.3 Å². The van der Waals surface area contributed by atoms with Gasteiger partial charge in [-0.05, 0) is 37.4 Å². The lowest BCUT2D eigenvalue weighted by molar-refractivity contribution is 0.0553. The molecule has 1 aromatic rings. The van der Waals surface area contributed by atoms with E-state index in [0.717, 1.165) is 19.1 Å². The third kappa shape index (κ3) is 3.33. The Hall–Kier alpha value is -0.510. The van der Waals surface area contributed by atoms with Gasteiger partial charge in [0.2, 0.25) is 0 Å². The Bertz CT molecular complexity index is 417. The molecule has 3 rings (SSSR count). The third-order valence-electron chi connectivity index (χ3n) is 4.24. The van der Waals surface area contributed by atoms with E-state index < -0.39 is 0 Å². The topological polar surface area (TPSA) is 12.5 Å². The summed E-state index contributed by atoms with van der Waals surface area (Å²) in [6.45, 7) is 4.34. The number of ether oxygens (including phenoxy) is 1. The van der Waals surface area contributed by atoms with Gasteiger partial charge in [0.15, 0.2) is 0 Å². The number of nitrogens with zero attached hydrogens (tertiary/aromatic N) is 1. The average Bonchev–Trinajstić information content (AvgIpc) is 2.83. The molecule has 1 aromatic carbocycles. The SMILES string of the molecule is CN(CC1CCOCC1)CC1CSc2ccccc21. The summed E-state index contributed by atoms with van der Waals surface area (Å²) in [5.74, 6) is 2.80. The van der Waals surface area contributed by atoms with Crippen LogP contribution in [0.3, 0.4) is 0 Å². The fourth-order valence-corrected chi connectivity index (χ4v) is 4.44. The molecule has 0 bridgehead atoms. The maximum absolute atomic E-state index is 5.44. The van der Waals surface area contributed by atoms with Crippen LogP contribution in [0.4, 0.5) is 0 Å². The van der Waals surface area contributed by atoms with Crippen LogP contribution in [-0.2, 0) is 4.74 Å². The molecule has 0 spiro atoms. The van der Waals surface area contributed by atoms with Gasteiger partial charge in [-0.15, -0.1) is 11.8 Å². The number of thioether (sulfide) groups is 1. The second-order valence-corrected chi connectivity index (χ2v) is 6.88. The standard InChI is InChI=1S/C16H23NOS/c1-17(10-13-6-8-18-9-7-13)11-14-12-19-16-5-3-2-4-15(14)16/h2-5,13-14H,6-12H2,1H3. The van der Waals surface area contributed by atoms with Crippen molar-refractivity contribution >= 4 is 11.8 Å². The molecule has 0 amide bonds. The summed E-state index contributed by atoms with van der Waals surface area (Å²) in [5, 5.41) is 0. The number of benzene rings is 1. The monoisotopic (exact) mass is 277 g/mol. The summed E-state index contributed by atoms with van der Waals surface area (Å²) in [7, 11) is 2.28. The molecule has 0 radical (unpaired) electrons. The smallest absolute Gasteiger partial charge is 0.0469 e. The zero-order valence-corrected chi connectivity index (χ0v) is 12.5. The fourth-order valence-electron chi connectivity index (χ4n) is 3.20. The van der Waals surface area contributed by atoms with E-state index in [1.54, 1.807) is 5.56 Å². The van der Waals surface area contributed by atoms with Gasteiger partial charge in [0.25, 0.3) is 0 Å². The van der Waals surface area contributed by atoms with E-state index in [2.05, 4.69) is 36.2 Å². The van der Waals surface area contributed by atoms with Crippen molar-refractivity contribution in [2.75, 3.05) is 39.1 Å². The Balaban J connectivity index is 1.54. The highest BCUT2D eigenvalue weighted by atomic mass is 32.2. The first-order chi connectivity index (χ1) is 9.33. The molecule has 2 aliphatic rings. The Morgan fingerprint density at radius 3 is 2.84 bits per heavy atom. The number of hydrogen-bond acceptors (Lipinski definition) is 3. The summed E-state index contributed by atoms with van der Waals surface area (Å²) >= 11 is 2.02. The Labute approximate surface area is 120 Å². The van der Waals surface area contributed by atoms with Crippen LogP contribution in [-0.4, -0.2) is 44.0 Å². The van der Waals surface area contributed by atoms with Crippen molar-refractivity contribution in [3.63, 3.8) is 0 Å². The van der Waals surface area contributed by atoms with Crippen LogP contribution < -0.4 is 0 Å². The largest absolute Gasteiger partial charge is 0.381 e. The van der Waals surface area contributed by atoms with Gasteiger partial charge in [-0.2, -0.15) is 0 Å². The second-order valence-electron chi connectivity index (χ2n) is 5.82. The second kappa shape index (κ2) is 6.29. The summed E-state index contributed by atoms with van der Waals surface area (Å²) < 4.78 is 5.44. The summed E-state index contributed by atoms with van der Waals surface area (Å²) in [6, 6.07) is 8.90. The van der Waals surface area contributed by atoms with Crippen LogP contribution in [0, 0.1) is 5.92 Å². The Morgan fingerprint density at radius 2 is 2.00 bits per heavy atom. The van der Waals surface area contributed by atoms with Gasteiger partial charge in [-0.25, -0.2) is 0 Å². The van der Waals surface area contributed by atoms with Crippen molar-refractivity contribution in [1.29, 1.82) is 0 Å². The minimum Gasteiger partial charge on any atom is -0.381 e. The number of likely N-dealkylation sites (N-methyl/N-ethyl adjacent to an activating group) is 1. The van der Waals surface area contributed by atoms with Crippen molar-refractivity contribution in [2.45, 2.75) is 23.7 Å². The van der Waals surface area contributed by atoms with Gasteiger partial charge in [-0.3, -0.25) is 0 Å². The molecule has 1 atom stereocenters. The number of rotatable bonds is 4. The Morgan fingerprint density at radius 1 is 1.21 bits per heavy atom. The van der Waals surface area contributed by atoms with Crippen molar-refractivity contribution in [1.82, 2.24) is 4.90 Å². The predicted molar refractivity (Wildman–Crippen MR) is 80.9 cm³/mol.